The molecule has 0 saturated carbocycles. The SMILES string of the molecule is CC(C)=CCC/C(C)=C/CCCCC([PH](=O)CO)P(=O)(O)O. The van der Waals surface area contributed by atoms with Gasteiger partial charge in [0.25, 0.3) is 0 Å². The average Bonchev–Trinajstić information content (AvgIpc) is 2.40. The number of unbranched alkanes of at least 4 members (excludes halogenated alkanes) is 2. The largest absolute Gasteiger partial charge is 0.389 e. The molecule has 0 aromatic rings. The zero-order valence-corrected chi connectivity index (χ0v) is 15.7. The first-order valence-corrected chi connectivity index (χ1v) is 11.0. The minimum Gasteiger partial charge on any atom is -0.389 e. The second-order valence-corrected chi connectivity index (χ2v) is 10.1. The Labute approximate surface area is 134 Å². The predicted octanol–water partition coefficient (Wildman–Crippen LogP) is 4.25. The topological polar surface area (TPSA) is 94.8 Å². The fourth-order valence-electron chi connectivity index (χ4n) is 2.14. The van der Waals surface area contributed by atoms with Crippen molar-refractivity contribution < 1.29 is 24.0 Å². The van der Waals surface area contributed by atoms with Crippen LogP contribution in [-0.2, 0) is 9.13 Å². The van der Waals surface area contributed by atoms with Gasteiger partial charge in [0, 0.05) is 0 Å². The summed E-state index contributed by atoms with van der Waals surface area (Å²) in [4.78, 5) is 18.3. The van der Waals surface area contributed by atoms with Crippen LogP contribution in [0.4, 0.5) is 0 Å². The Hall–Kier alpha value is -0.180. The Balaban J connectivity index is 4.11. The molecule has 130 valence electrons. The van der Waals surface area contributed by atoms with Crippen molar-refractivity contribution in [2.24, 2.45) is 0 Å². The molecule has 0 heterocycles. The molecule has 2 unspecified atom stereocenters. The fourth-order valence-corrected chi connectivity index (χ4v) is 5.14. The first-order chi connectivity index (χ1) is 10.2. The minimum atomic E-state index is -4.39. The summed E-state index contributed by atoms with van der Waals surface area (Å²) in [6.45, 7) is 6.24. The van der Waals surface area contributed by atoms with Gasteiger partial charge in [-0.05, 0) is 52.9 Å². The van der Waals surface area contributed by atoms with Gasteiger partial charge in [0.05, 0.1) is 6.35 Å². The smallest absolute Gasteiger partial charge is 0.335 e. The second kappa shape index (κ2) is 11.4. The van der Waals surface area contributed by atoms with Crippen LogP contribution >= 0.6 is 15.4 Å². The van der Waals surface area contributed by atoms with Crippen LogP contribution < -0.4 is 0 Å². The van der Waals surface area contributed by atoms with Crippen LogP contribution in [0, 0.1) is 0 Å². The van der Waals surface area contributed by atoms with Crippen LogP contribution in [0.3, 0.4) is 0 Å². The van der Waals surface area contributed by atoms with Gasteiger partial charge >= 0.3 is 7.60 Å². The highest BCUT2D eigenvalue weighted by Crippen LogP contribution is 2.55. The Bertz CT molecular complexity index is 447. The molecule has 0 bridgehead atoms. The lowest BCUT2D eigenvalue weighted by Crippen LogP contribution is -2.05. The second-order valence-electron chi connectivity index (χ2n) is 5.88. The summed E-state index contributed by atoms with van der Waals surface area (Å²) >= 11 is 0. The molecule has 5 nitrogen and oxygen atoms in total. The number of allylic oxidation sites excluding steroid dienone is 4. The van der Waals surface area contributed by atoms with Gasteiger partial charge in [-0.3, -0.25) is 4.57 Å². The molecule has 0 aliphatic heterocycles. The van der Waals surface area contributed by atoms with Gasteiger partial charge < -0.3 is 19.5 Å². The normalized spacial score (nSPS) is 15.5. The van der Waals surface area contributed by atoms with Crippen LogP contribution in [0.1, 0.15) is 59.3 Å². The molecule has 2 atom stereocenters. The van der Waals surface area contributed by atoms with Crippen molar-refractivity contribution in [1.29, 1.82) is 0 Å². The standard InChI is InChI=1S/C15H30O5P2/c1-13(2)8-7-10-14(3)9-5-4-6-11-15(21(17)12-16)22(18,19)20/h8-9,15-16,21H,4-7,10-12H2,1-3H3,(H2,18,19,20)/b14-9+. The van der Waals surface area contributed by atoms with Crippen molar-refractivity contribution in [3.05, 3.63) is 23.3 Å². The number of aliphatic hydroxyl groups is 1. The predicted molar refractivity (Wildman–Crippen MR) is 92.8 cm³/mol. The fraction of sp³-hybridized carbons (Fsp3) is 0.733. The van der Waals surface area contributed by atoms with Gasteiger partial charge in [-0.2, -0.15) is 0 Å². The molecule has 0 aliphatic rings. The third-order valence-corrected chi connectivity index (χ3v) is 7.74. The van der Waals surface area contributed by atoms with Crippen molar-refractivity contribution in [2.75, 3.05) is 6.35 Å². The molecular formula is C15H30O5P2. The Morgan fingerprint density at radius 1 is 1.14 bits per heavy atom. The summed E-state index contributed by atoms with van der Waals surface area (Å²) < 4.78 is 22.8. The quantitative estimate of drug-likeness (QED) is 0.293. The molecule has 0 amide bonds. The maximum atomic E-state index is 11.5. The van der Waals surface area contributed by atoms with E-state index in [1.807, 2.05) is 0 Å². The molecule has 0 aromatic carbocycles. The Kier molecular flexibility index (Phi) is 11.3. The number of hydrogen-bond acceptors (Lipinski definition) is 3. The molecule has 0 fully saturated rings. The van der Waals surface area contributed by atoms with Crippen molar-refractivity contribution in [3.8, 4) is 0 Å². The molecular weight excluding hydrogens is 322 g/mol. The average molecular weight is 352 g/mol. The maximum Gasteiger partial charge on any atom is 0.335 e. The number of rotatable bonds is 11. The van der Waals surface area contributed by atoms with E-state index in [1.54, 1.807) is 0 Å². The van der Waals surface area contributed by atoms with E-state index in [9.17, 15) is 18.9 Å². The zero-order chi connectivity index (χ0) is 17.2. The van der Waals surface area contributed by atoms with E-state index in [0.717, 1.165) is 25.7 Å². The first kappa shape index (κ1) is 21.8. The highest BCUT2D eigenvalue weighted by molar-refractivity contribution is 7.67. The molecule has 0 aromatic heterocycles. The maximum absolute atomic E-state index is 11.5. The third-order valence-electron chi connectivity index (χ3n) is 3.45. The lowest BCUT2D eigenvalue weighted by atomic mass is 10.1. The van der Waals surface area contributed by atoms with Crippen molar-refractivity contribution >= 4 is 15.4 Å². The van der Waals surface area contributed by atoms with Crippen LogP contribution in [0.15, 0.2) is 23.3 Å². The van der Waals surface area contributed by atoms with Gasteiger partial charge in [-0.15, -0.1) is 0 Å². The van der Waals surface area contributed by atoms with Gasteiger partial charge in [0.1, 0.15) is 13.2 Å². The van der Waals surface area contributed by atoms with Gasteiger partial charge in [0.15, 0.2) is 0 Å². The van der Waals surface area contributed by atoms with E-state index in [1.165, 1.54) is 11.1 Å². The Morgan fingerprint density at radius 2 is 1.77 bits per heavy atom. The van der Waals surface area contributed by atoms with Crippen molar-refractivity contribution in [3.63, 3.8) is 0 Å². The van der Waals surface area contributed by atoms with E-state index < -0.39 is 27.1 Å². The molecule has 0 radical (unpaired) electrons. The lowest BCUT2D eigenvalue weighted by Gasteiger charge is -2.16. The number of hydrogen-bond donors (Lipinski definition) is 3. The van der Waals surface area contributed by atoms with Crippen molar-refractivity contribution in [2.45, 2.75) is 64.7 Å². The highest BCUT2D eigenvalue weighted by Gasteiger charge is 2.32. The molecule has 22 heavy (non-hydrogen) atoms. The van der Waals surface area contributed by atoms with Crippen molar-refractivity contribution in [1.82, 2.24) is 0 Å². The minimum absolute atomic E-state index is 0.202. The summed E-state index contributed by atoms with van der Waals surface area (Å²) in [7, 11) is -7.02. The van der Waals surface area contributed by atoms with Gasteiger partial charge in [-0.25, -0.2) is 0 Å². The van der Waals surface area contributed by atoms with E-state index >= 15 is 0 Å². The first-order valence-electron chi connectivity index (χ1n) is 7.66. The lowest BCUT2D eigenvalue weighted by molar-refractivity contribution is 0.350. The van der Waals surface area contributed by atoms with E-state index in [0.29, 0.717) is 6.42 Å². The molecule has 0 spiro atoms. The number of aliphatic hydroxyl groups excluding tert-OH is 1. The molecule has 7 heteroatoms. The van der Waals surface area contributed by atoms with Crippen LogP contribution in [0.5, 0.6) is 0 Å². The Morgan fingerprint density at radius 3 is 2.27 bits per heavy atom. The zero-order valence-electron chi connectivity index (χ0n) is 13.8. The highest BCUT2D eigenvalue weighted by atomic mass is 31.2. The summed E-state index contributed by atoms with van der Waals surface area (Å²) in [5.41, 5.74) is 2.63. The monoisotopic (exact) mass is 352 g/mol. The van der Waals surface area contributed by atoms with Gasteiger partial charge in [0.2, 0.25) is 0 Å². The molecule has 0 rings (SSSR count). The molecule has 0 saturated heterocycles. The molecule has 0 aliphatic carbocycles. The van der Waals surface area contributed by atoms with Crippen LogP contribution in [0.2, 0.25) is 0 Å². The van der Waals surface area contributed by atoms with Gasteiger partial charge in [-0.1, -0.05) is 29.7 Å². The summed E-state index contributed by atoms with van der Waals surface area (Å²) in [5.74, 6) is 0. The van der Waals surface area contributed by atoms with E-state index in [2.05, 4.69) is 32.9 Å². The summed E-state index contributed by atoms with van der Waals surface area (Å²) in [5, 5.41) is 7.66. The summed E-state index contributed by atoms with van der Waals surface area (Å²) in [6, 6.07) is 0. The van der Waals surface area contributed by atoms with Crippen LogP contribution in [0.25, 0.3) is 0 Å². The van der Waals surface area contributed by atoms with E-state index in [-0.39, 0.29) is 6.42 Å². The summed E-state index contributed by atoms with van der Waals surface area (Å²) in [6.07, 6.45) is 8.24. The third kappa shape index (κ3) is 10.5. The van der Waals surface area contributed by atoms with E-state index in [4.69, 9.17) is 5.11 Å². The molecule has 3 N–H and O–H groups in total. The van der Waals surface area contributed by atoms with Crippen LogP contribution in [-0.4, -0.2) is 26.6 Å².